The van der Waals surface area contributed by atoms with Crippen molar-refractivity contribution >= 4 is 22.3 Å². The maximum absolute atomic E-state index is 4.22. The largest absolute Gasteiger partial charge is 0.265 e. The predicted molar refractivity (Wildman–Crippen MR) is 115 cm³/mol. The van der Waals surface area contributed by atoms with Crippen LogP contribution in [0.5, 0.6) is 0 Å². The summed E-state index contributed by atoms with van der Waals surface area (Å²) in [6.07, 6.45) is 15.6. The fourth-order valence-electron chi connectivity index (χ4n) is 3.93. The van der Waals surface area contributed by atoms with Crippen LogP contribution in [-0.4, -0.2) is 19.9 Å². The minimum absolute atomic E-state index is 0.837. The van der Waals surface area contributed by atoms with E-state index in [4.69, 9.17) is 0 Å². The van der Waals surface area contributed by atoms with Gasteiger partial charge in [-0.05, 0) is 99.5 Å². The molecule has 0 aromatic carbocycles. The Labute approximate surface area is 169 Å². The number of hydrogen-bond donors (Lipinski definition) is 0. The summed E-state index contributed by atoms with van der Waals surface area (Å²) in [5.74, 6) is 0. The van der Waals surface area contributed by atoms with Crippen molar-refractivity contribution in [2.45, 2.75) is 6.42 Å². The van der Waals surface area contributed by atoms with Gasteiger partial charge in [-0.2, -0.15) is 0 Å². The molecule has 4 heteroatoms. The van der Waals surface area contributed by atoms with E-state index in [0.29, 0.717) is 0 Å². The summed E-state index contributed by atoms with van der Waals surface area (Å²) in [6, 6.07) is 16.6. The fourth-order valence-corrected chi connectivity index (χ4v) is 3.93. The highest BCUT2D eigenvalue weighted by atomic mass is 14.6. The lowest BCUT2D eigenvalue weighted by molar-refractivity contribution is 1.29. The van der Waals surface area contributed by atoms with Gasteiger partial charge in [0.25, 0.3) is 0 Å². The highest BCUT2D eigenvalue weighted by Crippen LogP contribution is 2.51. The Morgan fingerprint density at radius 2 is 0.655 bits per heavy atom. The summed E-state index contributed by atoms with van der Waals surface area (Å²) >= 11 is 0. The second-order valence-corrected chi connectivity index (χ2v) is 6.83. The molecule has 0 saturated carbocycles. The molecule has 0 radical (unpaired) electrons. The molecule has 0 spiro atoms. The van der Waals surface area contributed by atoms with Crippen molar-refractivity contribution in [2.75, 3.05) is 0 Å². The second-order valence-electron chi connectivity index (χ2n) is 6.83. The van der Waals surface area contributed by atoms with E-state index in [-0.39, 0.29) is 0 Å². The Morgan fingerprint density at radius 1 is 0.379 bits per heavy atom. The zero-order valence-corrected chi connectivity index (χ0v) is 15.7. The van der Waals surface area contributed by atoms with E-state index in [9.17, 15) is 0 Å². The normalized spacial score (nSPS) is 13.8. The van der Waals surface area contributed by atoms with Gasteiger partial charge in [-0.3, -0.25) is 19.9 Å². The van der Waals surface area contributed by atoms with Gasteiger partial charge >= 0.3 is 0 Å². The summed E-state index contributed by atoms with van der Waals surface area (Å²) in [7, 11) is 0. The van der Waals surface area contributed by atoms with Crippen molar-refractivity contribution in [3.63, 3.8) is 0 Å². The molecule has 29 heavy (non-hydrogen) atoms. The summed E-state index contributed by atoms with van der Waals surface area (Å²) in [5, 5.41) is 0. The van der Waals surface area contributed by atoms with Crippen LogP contribution in [0, 0.1) is 0 Å². The van der Waals surface area contributed by atoms with E-state index in [0.717, 1.165) is 17.5 Å². The molecule has 0 unspecified atom stereocenters. The van der Waals surface area contributed by atoms with Crippen molar-refractivity contribution in [1.29, 1.82) is 0 Å². The topological polar surface area (TPSA) is 51.6 Å². The minimum Gasteiger partial charge on any atom is -0.265 e. The molecule has 4 nitrogen and oxygen atoms in total. The summed E-state index contributed by atoms with van der Waals surface area (Å²) in [6.45, 7) is 0. The molecule has 4 aromatic rings. The van der Waals surface area contributed by atoms with Crippen molar-refractivity contribution in [3.8, 4) is 0 Å². The quantitative estimate of drug-likeness (QED) is 0.493. The SMILES string of the molecule is c1cc(C2=C(c3ccncc3)C(c3ccncc3)=C(c3ccncc3)C2)ccn1. The molecule has 0 aliphatic heterocycles. The Kier molecular flexibility index (Phi) is 4.51. The molecule has 5 rings (SSSR count). The fraction of sp³-hybridized carbons (Fsp3) is 0.0400. The van der Waals surface area contributed by atoms with Crippen LogP contribution in [0.25, 0.3) is 22.3 Å². The first-order valence-corrected chi connectivity index (χ1v) is 9.50. The lowest BCUT2D eigenvalue weighted by Gasteiger charge is -2.14. The van der Waals surface area contributed by atoms with Gasteiger partial charge in [0.15, 0.2) is 0 Å². The second kappa shape index (κ2) is 7.60. The van der Waals surface area contributed by atoms with Crippen LogP contribution in [0.2, 0.25) is 0 Å². The Bertz CT molecular complexity index is 1090. The summed E-state index contributed by atoms with van der Waals surface area (Å²) < 4.78 is 0. The lowest BCUT2D eigenvalue weighted by Crippen LogP contribution is -1.93. The minimum atomic E-state index is 0.837. The van der Waals surface area contributed by atoms with Gasteiger partial charge in [-0.15, -0.1) is 0 Å². The highest BCUT2D eigenvalue weighted by molar-refractivity contribution is 6.27. The smallest absolute Gasteiger partial charge is 0.0273 e. The van der Waals surface area contributed by atoms with E-state index in [1.807, 2.05) is 49.6 Å². The van der Waals surface area contributed by atoms with Crippen molar-refractivity contribution in [3.05, 3.63) is 120 Å². The summed E-state index contributed by atoms with van der Waals surface area (Å²) in [5.41, 5.74) is 9.72. The van der Waals surface area contributed by atoms with E-state index in [1.165, 1.54) is 33.4 Å². The van der Waals surface area contributed by atoms with E-state index in [1.54, 1.807) is 0 Å². The van der Waals surface area contributed by atoms with Gasteiger partial charge in [0.05, 0.1) is 0 Å². The van der Waals surface area contributed by atoms with Gasteiger partial charge in [0.2, 0.25) is 0 Å². The van der Waals surface area contributed by atoms with Crippen molar-refractivity contribution in [2.24, 2.45) is 0 Å². The Hall–Kier alpha value is -3.92. The van der Waals surface area contributed by atoms with E-state index in [2.05, 4.69) is 68.5 Å². The molecule has 1 aliphatic rings. The standard InChI is InChI=1S/C25H18N4/c1-9-26-10-2-18(1)22-17-23(19-3-11-27-12-4-19)25(21-7-15-29-16-8-21)24(22)20-5-13-28-14-6-20/h1-16H,17H2. The first-order valence-electron chi connectivity index (χ1n) is 9.50. The number of aromatic nitrogens is 4. The third-order valence-electron chi connectivity index (χ3n) is 5.20. The molecular weight excluding hydrogens is 356 g/mol. The average molecular weight is 374 g/mol. The molecule has 0 fully saturated rings. The van der Waals surface area contributed by atoms with Crippen molar-refractivity contribution < 1.29 is 0 Å². The van der Waals surface area contributed by atoms with Gasteiger partial charge < -0.3 is 0 Å². The third kappa shape index (κ3) is 3.25. The van der Waals surface area contributed by atoms with E-state index >= 15 is 0 Å². The molecule has 0 atom stereocenters. The van der Waals surface area contributed by atoms with Crippen LogP contribution in [-0.2, 0) is 0 Å². The number of pyridine rings is 4. The van der Waals surface area contributed by atoms with Crippen LogP contribution in [0.15, 0.2) is 98.1 Å². The zero-order valence-electron chi connectivity index (χ0n) is 15.7. The molecule has 4 heterocycles. The Balaban J connectivity index is 1.81. The lowest BCUT2D eigenvalue weighted by atomic mass is 9.90. The number of rotatable bonds is 4. The van der Waals surface area contributed by atoms with Crippen LogP contribution in [0.4, 0.5) is 0 Å². The maximum Gasteiger partial charge on any atom is 0.0273 e. The monoisotopic (exact) mass is 374 g/mol. The first kappa shape index (κ1) is 17.2. The van der Waals surface area contributed by atoms with Crippen LogP contribution < -0.4 is 0 Å². The van der Waals surface area contributed by atoms with Crippen molar-refractivity contribution in [1.82, 2.24) is 19.9 Å². The number of allylic oxidation sites excluding steroid dienone is 4. The molecule has 4 aromatic heterocycles. The predicted octanol–water partition coefficient (Wildman–Crippen LogP) is 5.19. The molecule has 0 bridgehead atoms. The van der Waals surface area contributed by atoms with Gasteiger partial charge in [-0.25, -0.2) is 0 Å². The van der Waals surface area contributed by atoms with Gasteiger partial charge in [0.1, 0.15) is 0 Å². The van der Waals surface area contributed by atoms with Crippen LogP contribution in [0.1, 0.15) is 28.7 Å². The van der Waals surface area contributed by atoms with Gasteiger partial charge in [0, 0.05) is 49.6 Å². The zero-order chi connectivity index (χ0) is 19.5. The molecule has 1 aliphatic carbocycles. The average Bonchev–Trinajstić information content (AvgIpc) is 3.22. The van der Waals surface area contributed by atoms with E-state index < -0.39 is 0 Å². The summed E-state index contributed by atoms with van der Waals surface area (Å²) in [4.78, 5) is 16.9. The Morgan fingerprint density at radius 3 is 0.966 bits per heavy atom. The third-order valence-corrected chi connectivity index (χ3v) is 5.20. The number of hydrogen-bond acceptors (Lipinski definition) is 4. The van der Waals surface area contributed by atoms with Gasteiger partial charge in [-0.1, -0.05) is 0 Å². The molecule has 0 amide bonds. The highest BCUT2D eigenvalue weighted by Gasteiger charge is 2.28. The molecular formula is C25H18N4. The number of nitrogens with zero attached hydrogens (tertiary/aromatic N) is 4. The first-order chi connectivity index (χ1) is 14.4. The van der Waals surface area contributed by atoms with Crippen LogP contribution >= 0.6 is 0 Å². The maximum atomic E-state index is 4.22. The molecule has 138 valence electrons. The van der Waals surface area contributed by atoms with Crippen LogP contribution in [0.3, 0.4) is 0 Å². The molecule has 0 saturated heterocycles. The molecule has 0 N–H and O–H groups in total.